The molecule has 0 radical (unpaired) electrons. The maximum atomic E-state index is 13.9. The average Bonchev–Trinajstić information content (AvgIpc) is 3.45. The van der Waals surface area contributed by atoms with E-state index in [2.05, 4.69) is 25.5 Å². The van der Waals surface area contributed by atoms with Crippen LogP contribution in [0.2, 0.25) is 0 Å². The molecule has 2 saturated heterocycles. The van der Waals surface area contributed by atoms with Crippen molar-refractivity contribution in [2.75, 3.05) is 31.5 Å². The van der Waals surface area contributed by atoms with Gasteiger partial charge >= 0.3 is 6.18 Å². The number of benzene rings is 1. The highest BCUT2D eigenvalue weighted by Crippen LogP contribution is 2.38. The lowest BCUT2D eigenvalue weighted by molar-refractivity contribution is -0.138. The molecule has 234 valence electrons. The summed E-state index contributed by atoms with van der Waals surface area (Å²) in [5, 5.41) is 5.90. The number of likely N-dealkylation sites (tertiary alicyclic amines) is 2. The van der Waals surface area contributed by atoms with Crippen LogP contribution in [0.1, 0.15) is 86.8 Å². The van der Waals surface area contributed by atoms with E-state index in [-0.39, 0.29) is 47.8 Å². The summed E-state index contributed by atoms with van der Waals surface area (Å²) in [4.78, 5) is 38.6. The second-order valence-electron chi connectivity index (χ2n) is 12.5. The highest BCUT2D eigenvalue weighted by atomic mass is 19.4. The van der Waals surface area contributed by atoms with Crippen molar-refractivity contribution in [2.45, 2.75) is 89.9 Å². The second kappa shape index (κ2) is 13.6. The van der Waals surface area contributed by atoms with Gasteiger partial charge in [0.2, 0.25) is 11.9 Å². The minimum absolute atomic E-state index is 0.00988. The van der Waals surface area contributed by atoms with E-state index in [1.165, 1.54) is 19.3 Å². The number of amides is 2. The summed E-state index contributed by atoms with van der Waals surface area (Å²) in [5.41, 5.74) is 0.154. The molecule has 0 bridgehead atoms. The van der Waals surface area contributed by atoms with Crippen LogP contribution in [0.5, 0.6) is 0 Å². The maximum absolute atomic E-state index is 13.9. The van der Waals surface area contributed by atoms with Gasteiger partial charge in [-0.2, -0.15) is 13.2 Å². The van der Waals surface area contributed by atoms with E-state index in [4.69, 9.17) is 0 Å². The molecule has 43 heavy (non-hydrogen) atoms. The summed E-state index contributed by atoms with van der Waals surface area (Å²) in [5.74, 6) is -0.639. The second-order valence-corrected chi connectivity index (χ2v) is 12.5. The van der Waals surface area contributed by atoms with Crippen molar-refractivity contribution < 1.29 is 22.8 Å². The number of nitrogens with one attached hydrogen (secondary N) is 2. The molecule has 3 fully saturated rings. The molecule has 1 aliphatic carbocycles. The lowest BCUT2D eigenvalue weighted by Gasteiger charge is -2.40. The quantitative estimate of drug-likeness (QED) is 0.397. The Hall–Kier alpha value is -3.21. The Labute approximate surface area is 251 Å². The number of alkyl halides is 3. The first-order chi connectivity index (χ1) is 20.6. The molecule has 1 aromatic heterocycles. The minimum Gasteiger partial charge on any atom is -0.354 e. The third-order valence-electron chi connectivity index (χ3n) is 9.10. The molecule has 2 amide bonds. The Morgan fingerprint density at radius 3 is 2.30 bits per heavy atom. The van der Waals surface area contributed by atoms with Gasteiger partial charge in [0.25, 0.3) is 5.91 Å². The summed E-state index contributed by atoms with van der Waals surface area (Å²) in [7, 11) is 0. The predicted octanol–water partition coefficient (Wildman–Crippen LogP) is 5.81. The summed E-state index contributed by atoms with van der Waals surface area (Å²) >= 11 is 0. The molecule has 3 aliphatic rings. The Morgan fingerprint density at radius 1 is 0.953 bits per heavy atom. The molecule has 1 saturated carbocycles. The van der Waals surface area contributed by atoms with Crippen molar-refractivity contribution in [3.05, 3.63) is 47.3 Å². The number of aromatic nitrogens is 2. The largest absolute Gasteiger partial charge is 0.419 e. The Bertz CT molecular complexity index is 1250. The van der Waals surface area contributed by atoms with Crippen LogP contribution in [0.3, 0.4) is 0 Å². The van der Waals surface area contributed by atoms with Crippen LogP contribution in [-0.2, 0) is 17.4 Å². The van der Waals surface area contributed by atoms with Gasteiger partial charge in [-0.1, -0.05) is 12.8 Å². The highest BCUT2D eigenvalue weighted by molar-refractivity contribution is 5.94. The van der Waals surface area contributed by atoms with E-state index >= 15 is 0 Å². The SMILES string of the molecule is CC(C)NC(=O)[C@H]1CCC[C@H]1Cc1nc(Nc2ccc(C(=O)N3CCC(N4CCCCC4)CC3)cc2)ncc1C(F)(F)F. The van der Waals surface area contributed by atoms with Gasteiger partial charge in [-0.25, -0.2) is 9.97 Å². The lowest BCUT2D eigenvalue weighted by Crippen LogP contribution is -2.48. The number of halogens is 3. The number of carbonyl (C=O) groups is 2. The van der Waals surface area contributed by atoms with E-state index in [1.54, 1.807) is 24.3 Å². The van der Waals surface area contributed by atoms with E-state index in [0.29, 0.717) is 30.1 Å². The maximum Gasteiger partial charge on any atom is 0.419 e. The third kappa shape index (κ3) is 7.85. The van der Waals surface area contributed by atoms with Gasteiger partial charge < -0.3 is 20.4 Å². The standard InChI is InChI=1S/C32H43F3N6O2/c1-21(2)37-29(42)26-8-6-7-23(26)19-28-27(32(33,34)35)20-36-31(39-28)38-24-11-9-22(10-12-24)30(43)41-17-13-25(14-18-41)40-15-4-3-5-16-40/h9-12,20-21,23,25-26H,3-8,13-19H2,1-2H3,(H,37,42)(H,36,38,39)/t23-,26-/m0/s1. The summed E-state index contributed by atoms with van der Waals surface area (Å²) in [6, 6.07) is 7.41. The van der Waals surface area contributed by atoms with Crippen LogP contribution < -0.4 is 10.6 Å². The molecular weight excluding hydrogens is 557 g/mol. The normalized spacial score (nSPS) is 22.1. The Morgan fingerprint density at radius 2 is 1.65 bits per heavy atom. The van der Waals surface area contributed by atoms with E-state index in [9.17, 15) is 22.8 Å². The van der Waals surface area contributed by atoms with Crippen molar-refractivity contribution in [3.63, 3.8) is 0 Å². The third-order valence-corrected chi connectivity index (χ3v) is 9.10. The van der Waals surface area contributed by atoms with Crippen molar-refractivity contribution in [2.24, 2.45) is 11.8 Å². The van der Waals surface area contributed by atoms with E-state index < -0.39 is 11.7 Å². The molecular formula is C32H43F3N6O2. The van der Waals surface area contributed by atoms with Crippen LogP contribution in [-0.4, -0.2) is 69.8 Å². The van der Waals surface area contributed by atoms with Gasteiger partial charge in [-0.3, -0.25) is 9.59 Å². The number of hydrogen-bond acceptors (Lipinski definition) is 6. The molecule has 3 heterocycles. The zero-order valence-electron chi connectivity index (χ0n) is 25.1. The fourth-order valence-corrected chi connectivity index (χ4v) is 6.86. The van der Waals surface area contributed by atoms with Crippen LogP contribution in [0, 0.1) is 11.8 Å². The first-order valence-electron chi connectivity index (χ1n) is 15.7. The number of rotatable bonds is 8. The number of anilines is 2. The average molecular weight is 601 g/mol. The van der Waals surface area contributed by atoms with E-state index in [0.717, 1.165) is 51.6 Å². The monoisotopic (exact) mass is 600 g/mol. The van der Waals surface area contributed by atoms with Crippen molar-refractivity contribution >= 4 is 23.5 Å². The van der Waals surface area contributed by atoms with Crippen LogP contribution in [0.4, 0.5) is 24.8 Å². The molecule has 2 N–H and O–H groups in total. The van der Waals surface area contributed by atoms with Gasteiger partial charge in [-0.15, -0.1) is 0 Å². The topological polar surface area (TPSA) is 90.5 Å². The molecule has 8 nitrogen and oxygen atoms in total. The zero-order chi connectivity index (χ0) is 30.6. The van der Waals surface area contributed by atoms with Crippen LogP contribution in [0.15, 0.2) is 30.5 Å². The number of hydrogen-bond donors (Lipinski definition) is 2. The number of carbonyl (C=O) groups excluding carboxylic acids is 2. The first-order valence-corrected chi connectivity index (χ1v) is 15.7. The van der Waals surface area contributed by atoms with Gasteiger partial charge in [0.1, 0.15) is 0 Å². The molecule has 2 atom stereocenters. The molecule has 0 spiro atoms. The van der Waals surface area contributed by atoms with E-state index in [1.807, 2.05) is 18.7 Å². The molecule has 0 unspecified atom stereocenters. The fourth-order valence-electron chi connectivity index (χ4n) is 6.86. The zero-order valence-corrected chi connectivity index (χ0v) is 25.1. The number of nitrogens with zero attached hydrogens (tertiary/aromatic N) is 4. The van der Waals surface area contributed by atoms with Crippen molar-refractivity contribution in [1.29, 1.82) is 0 Å². The Kier molecular flexibility index (Phi) is 9.88. The number of piperidine rings is 2. The highest BCUT2D eigenvalue weighted by Gasteiger charge is 2.39. The molecule has 5 rings (SSSR count). The lowest BCUT2D eigenvalue weighted by atomic mass is 9.89. The molecule has 2 aliphatic heterocycles. The van der Waals surface area contributed by atoms with Gasteiger partial charge in [0.15, 0.2) is 0 Å². The van der Waals surface area contributed by atoms with Crippen LogP contribution >= 0.6 is 0 Å². The summed E-state index contributed by atoms with van der Waals surface area (Å²) < 4.78 is 41.6. The fraction of sp³-hybridized carbons (Fsp3) is 0.625. The van der Waals surface area contributed by atoms with Gasteiger partial charge in [-0.05, 0) is 102 Å². The summed E-state index contributed by atoms with van der Waals surface area (Å²) in [6.07, 6.45) is 4.18. The van der Waals surface area contributed by atoms with Gasteiger partial charge in [0.05, 0.1) is 11.3 Å². The van der Waals surface area contributed by atoms with Crippen LogP contribution in [0.25, 0.3) is 0 Å². The summed E-state index contributed by atoms with van der Waals surface area (Å²) in [6.45, 7) is 7.54. The molecule has 2 aromatic rings. The smallest absolute Gasteiger partial charge is 0.354 e. The van der Waals surface area contributed by atoms with Crippen molar-refractivity contribution in [3.8, 4) is 0 Å². The Balaban J connectivity index is 1.23. The molecule has 1 aromatic carbocycles. The van der Waals surface area contributed by atoms with Crippen molar-refractivity contribution in [1.82, 2.24) is 25.1 Å². The first kappa shape index (κ1) is 31.2. The minimum atomic E-state index is -4.60. The van der Waals surface area contributed by atoms with Gasteiger partial charge in [0, 0.05) is 48.5 Å². The predicted molar refractivity (Wildman–Crippen MR) is 159 cm³/mol. The molecule has 11 heteroatoms.